The molecule has 0 spiro atoms. The lowest BCUT2D eigenvalue weighted by atomic mass is 10.1. The molecule has 126 valence electrons. The van der Waals surface area contributed by atoms with Gasteiger partial charge >= 0.3 is 0 Å². The normalized spacial score (nSPS) is 15.2. The van der Waals surface area contributed by atoms with E-state index in [0.717, 1.165) is 18.7 Å². The molecule has 0 N–H and O–H groups in total. The highest BCUT2D eigenvalue weighted by atomic mass is 32.2. The monoisotopic (exact) mass is 364 g/mol. The van der Waals surface area contributed by atoms with Crippen LogP contribution in [0.3, 0.4) is 0 Å². The van der Waals surface area contributed by atoms with Crippen LogP contribution < -0.4 is 4.90 Å². The molecule has 24 heavy (non-hydrogen) atoms. The Bertz CT molecular complexity index is 902. The first-order valence-electron chi connectivity index (χ1n) is 7.32. The lowest BCUT2D eigenvalue weighted by molar-refractivity contribution is -0.385. The smallest absolute Gasteiger partial charge is 0.270 e. The van der Waals surface area contributed by atoms with Gasteiger partial charge in [-0.2, -0.15) is 0 Å². The van der Waals surface area contributed by atoms with Gasteiger partial charge in [-0.15, -0.1) is 11.3 Å². The molecular formula is C16H16N2O4S2. The van der Waals surface area contributed by atoms with E-state index in [2.05, 4.69) is 12.1 Å². The summed E-state index contributed by atoms with van der Waals surface area (Å²) in [5, 5.41) is 13.0. The van der Waals surface area contributed by atoms with Crippen LogP contribution >= 0.6 is 11.3 Å². The van der Waals surface area contributed by atoms with Crippen molar-refractivity contribution in [2.24, 2.45) is 0 Å². The van der Waals surface area contributed by atoms with Gasteiger partial charge in [-0.05, 0) is 29.5 Å². The highest BCUT2D eigenvalue weighted by Gasteiger charge is 2.23. The minimum absolute atomic E-state index is 0.00433. The van der Waals surface area contributed by atoms with Crippen molar-refractivity contribution < 1.29 is 13.3 Å². The molecule has 0 saturated heterocycles. The molecule has 1 aromatic heterocycles. The summed E-state index contributed by atoms with van der Waals surface area (Å²) in [5.41, 5.74) is 1.56. The SMILES string of the molecule is CS(=O)(=O)c1cc([N+](=O)[O-])ccc1N1CC=C(c2cccs2)CC1. The van der Waals surface area contributed by atoms with E-state index < -0.39 is 14.8 Å². The Morgan fingerprint density at radius 1 is 1.29 bits per heavy atom. The topological polar surface area (TPSA) is 80.5 Å². The van der Waals surface area contributed by atoms with Crippen molar-refractivity contribution in [2.45, 2.75) is 11.3 Å². The molecule has 3 rings (SSSR count). The average molecular weight is 364 g/mol. The molecule has 0 unspecified atom stereocenters. The maximum Gasteiger partial charge on any atom is 0.270 e. The van der Waals surface area contributed by atoms with E-state index >= 15 is 0 Å². The van der Waals surface area contributed by atoms with E-state index in [9.17, 15) is 18.5 Å². The summed E-state index contributed by atoms with van der Waals surface area (Å²) in [4.78, 5) is 13.5. The van der Waals surface area contributed by atoms with Gasteiger partial charge in [0.2, 0.25) is 0 Å². The number of rotatable bonds is 4. The Morgan fingerprint density at radius 3 is 2.62 bits per heavy atom. The largest absolute Gasteiger partial charge is 0.366 e. The van der Waals surface area contributed by atoms with E-state index in [-0.39, 0.29) is 10.6 Å². The van der Waals surface area contributed by atoms with Crippen molar-refractivity contribution in [3.8, 4) is 0 Å². The van der Waals surface area contributed by atoms with Gasteiger partial charge in [-0.3, -0.25) is 10.1 Å². The van der Waals surface area contributed by atoms with Crippen molar-refractivity contribution in [3.05, 3.63) is 56.8 Å². The first-order valence-corrected chi connectivity index (χ1v) is 10.1. The van der Waals surface area contributed by atoms with Crippen LogP contribution in [0.4, 0.5) is 11.4 Å². The summed E-state index contributed by atoms with van der Waals surface area (Å²) in [5.74, 6) is 0. The number of hydrogen-bond donors (Lipinski definition) is 0. The Kier molecular flexibility index (Phi) is 4.42. The van der Waals surface area contributed by atoms with Gasteiger partial charge in [-0.1, -0.05) is 12.1 Å². The molecule has 1 aliphatic rings. The molecule has 1 aliphatic heterocycles. The van der Waals surface area contributed by atoms with E-state index in [0.29, 0.717) is 18.8 Å². The third-order valence-electron chi connectivity index (χ3n) is 3.94. The number of benzene rings is 1. The molecule has 0 atom stereocenters. The predicted octanol–water partition coefficient (Wildman–Crippen LogP) is 3.35. The van der Waals surface area contributed by atoms with Gasteiger partial charge < -0.3 is 4.90 Å². The number of nitrogens with zero attached hydrogens (tertiary/aromatic N) is 2. The lowest BCUT2D eigenvalue weighted by Crippen LogP contribution is -2.29. The van der Waals surface area contributed by atoms with E-state index in [1.807, 2.05) is 16.3 Å². The summed E-state index contributed by atoms with van der Waals surface area (Å²) >= 11 is 1.68. The number of anilines is 1. The van der Waals surface area contributed by atoms with Crippen LogP contribution in [-0.2, 0) is 9.84 Å². The Labute approximate surface area is 144 Å². The molecule has 1 aromatic carbocycles. The quantitative estimate of drug-likeness (QED) is 0.614. The predicted molar refractivity (Wildman–Crippen MR) is 95.3 cm³/mol. The second-order valence-corrected chi connectivity index (χ2v) is 8.52. The van der Waals surface area contributed by atoms with Crippen LogP contribution in [0.2, 0.25) is 0 Å². The maximum atomic E-state index is 12.1. The molecule has 0 saturated carbocycles. The summed E-state index contributed by atoms with van der Waals surface area (Å²) in [6, 6.07) is 8.09. The van der Waals surface area contributed by atoms with E-state index in [1.165, 1.54) is 22.6 Å². The third-order valence-corrected chi connectivity index (χ3v) is 6.01. The molecule has 6 nitrogen and oxygen atoms in total. The van der Waals surface area contributed by atoms with Gasteiger partial charge in [0.05, 0.1) is 15.5 Å². The first kappa shape index (κ1) is 16.7. The lowest BCUT2D eigenvalue weighted by Gasteiger charge is -2.29. The summed E-state index contributed by atoms with van der Waals surface area (Å²) in [6.45, 7) is 1.25. The average Bonchev–Trinajstić information content (AvgIpc) is 3.08. The molecule has 0 radical (unpaired) electrons. The standard InChI is InChI=1S/C16H16N2O4S2/c1-24(21,22)16-11-13(18(19)20)4-5-14(16)17-8-6-12(7-9-17)15-3-2-10-23-15/h2-6,10-11H,7-9H2,1H3. The van der Waals surface area contributed by atoms with Crippen LogP contribution in [0.25, 0.3) is 5.57 Å². The zero-order valence-corrected chi connectivity index (χ0v) is 14.6. The Hall–Kier alpha value is -2.19. The van der Waals surface area contributed by atoms with Crippen LogP contribution in [-0.4, -0.2) is 32.7 Å². The molecule has 2 heterocycles. The molecule has 0 bridgehead atoms. The Morgan fingerprint density at radius 2 is 2.08 bits per heavy atom. The number of nitro groups is 1. The number of thiophene rings is 1. The molecule has 2 aromatic rings. The molecular weight excluding hydrogens is 348 g/mol. The maximum absolute atomic E-state index is 12.1. The van der Waals surface area contributed by atoms with Gasteiger partial charge in [0.25, 0.3) is 5.69 Å². The number of non-ortho nitro benzene ring substituents is 1. The van der Waals surface area contributed by atoms with Crippen molar-refractivity contribution in [3.63, 3.8) is 0 Å². The van der Waals surface area contributed by atoms with Crippen LogP contribution in [0.5, 0.6) is 0 Å². The Balaban J connectivity index is 1.94. The number of hydrogen-bond acceptors (Lipinski definition) is 6. The first-order chi connectivity index (χ1) is 11.4. The second kappa shape index (κ2) is 6.37. The van der Waals surface area contributed by atoms with Crippen molar-refractivity contribution in [1.82, 2.24) is 0 Å². The van der Waals surface area contributed by atoms with Crippen LogP contribution in [0.1, 0.15) is 11.3 Å². The van der Waals surface area contributed by atoms with E-state index in [4.69, 9.17) is 0 Å². The fourth-order valence-corrected chi connectivity index (χ4v) is 4.46. The van der Waals surface area contributed by atoms with Crippen molar-refractivity contribution in [2.75, 3.05) is 24.2 Å². The fourth-order valence-electron chi connectivity index (χ4n) is 2.75. The van der Waals surface area contributed by atoms with Gasteiger partial charge in [-0.25, -0.2) is 8.42 Å². The van der Waals surface area contributed by atoms with Gasteiger partial charge in [0.15, 0.2) is 9.84 Å². The van der Waals surface area contributed by atoms with Gasteiger partial charge in [0.1, 0.15) is 0 Å². The number of nitro benzene ring substituents is 1. The van der Waals surface area contributed by atoms with Gasteiger partial charge in [0, 0.05) is 36.4 Å². The minimum atomic E-state index is -3.56. The van der Waals surface area contributed by atoms with Crippen molar-refractivity contribution in [1.29, 1.82) is 0 Å². The summed E-state index contributed by atoms with van der Waals surface area (Å²) < 4.78 is 24.1. The summed E-state index contributed by atoms with van der Waals surface area (Å²) in [6.07, 6.45) is 3.97. The fraction of sp³-hybridized carbons (Fsp3) is 0.250. The number of sulfone groups is 1. The molecule has 0 fully saturated rings. The summed E-state index contributed by atoms with van der Waals surface area (Å²) in [7, 11) is -3.56. The third kappa shape index (κ3) is 3.34. The van der Waals surface area contributed by atoms with E-state index in [1.54, 1.807) is 11.3 Å². The zero-order valence-electron chi connectivity index (χ0n) is 13.0. The highest BCUT2D eigenvalue weighted by Crippen LogP contribution is 2.33. The highest BCUT2D eigenvalue weighted by molar-refractivity contribution is 7.90. The zero-order chi connectivity index (χ0) is 17.3. The molecule has 0 amide bonds. The molecule has 0 aliphatic carbocycles. The minimum Gasteiger partial charge on any atom is -0.366 e. The van der Waals surface area contributed by atoms with Crippen LogP contribution in [0.15, 0.2) is 46.7 Å². The molecule has 8 heteroatoms. The van der Waals surface area contributed by atoms with Crippen molar-refractivity contribution >= 4 is 38.1 Å². The second-order valence-electron chi connectivity index (χ2n) is 5.58. The van der Waals surface area contributed by atoms with Crippen LogP contribution in [0, 0.1) is 10.1 Å².